The van der Waals surface area contributed by atoms with Gasteiger partial charge in [0.25, 0.3) is 0 Å². The lowest BCUT2D eigenvalue weighted by Crippen LogP contribution is -2.50. The number of hydrogen-bond acceptors (Lipinski definition) is 4. The summed E-state index contributed by atoms with van der Waals surface area (Å²) in [6, 6.07) is 0. The summed E-state index contributed by atoms with van der Waals surface area (Å²) in [6.45, 7) is 4.44. The molecule has 0 saturated carbocycles. The Bertz CT molecular complexity index is 392. The molecule has 1 atom stereocenters. The lowest BCUT2D eigenvalue weighted by atomic mass is 9.76. The number of carbonyl (C=O) groups excluding carboxylic acids is 1. The number of carbonyl (C=O) groups is 1. The Morgan fingerprint density at radius 2 is 2.42 bits per heavy atom. The lowest BCUT2D eigenvalue weighted by molar-refractivity contribution is -0.143. The second-order valence-electron chi connectivity index (χ2n) is 5.40. The van der Waals surface area contributed by atoms with Gasteiger partial charge in [0.05, 0.1) is 12.0 Å². The molecule has 1 amide bonds. The molecule has 1 saturated heterocycles. The van der Waals surface area contributed by atoms with Crippen molar-refractivity contribution in [2.45, 2.75) is 39.2 Å². The van der Waals surface area contributed by atoms with Gasteiger partial charge in [-0.3, -0.25) is 9.89 Å². The minimum atomic E-state index is -0.234. The number of H-pyrrole nitrogens is 1. The largest absolute Gasteiger partial charge is 0.338 e. The van der Waals surface area contributed by atoms with Gasteiger partial charge < -0.3 is 10.2 Å². The molecular weight excluding hydrogens is 242 g/mol. The van der Waals surface area contributed by atoms with E-state index >= 15 is 0 Å². The van der Waals surface area contributed by atoms with E-state index in [1.165, 1.54) is 6.33 Å². The molecule has 19 heavy (non-hydrogen) atoms. The standard InChI is InChI=1S/C13H23N5O/c1-3-5-13(6-4-7-14-9-13)12(19)18(2)8-11-15-10-16-17-11/h10,14H,3-9H2,1-2H3,(H,15,16,17). The van der Waals surface area contributed by atoms with Gasteiger partial charge in [-0.25, -0.2) is 4.98 Å². The highest BCUT2D eigenvalue weighted by Crippen LogP contribution is 2.33. The van der Waals surface area contributed by atoms with E-state index in [9.17, 15) is 4.79 Å². The van der Waals surface area contributed by atoms with Crippen LogP contribution >= 0.6 is 0 Å². The molecule has 0 aromatic carbocycles. The van der Waals surface area contributed by atoms with Crippen molar-refractivity contribution in [3.8, 4) is 0 Å². The first kappa shape index (κ1) is 14.0. The first-order valence-corrected chi connectivity index (χ1v) is 6.98. The third-order valence-electron chi connectivity index (χ3n) is 3.85. The Kier molecular flexibility index (Phi) is 4.52. The molecule has 0 radical (unpaired) electrons. The van der Waals surface area contributed by atoms with Crippen molar-refractivity contribution in [2.24, 2.45) is 5.41 Å². The Morgan fingerprint density at radius 3 is 3.00 bits per heavy atom. The predicted molar refractivity (Wildman–Crippen MR) is 72.3 cm³/mol. The van der Waals surface area contributed by atoms with Crippen LogP contribution in [0.25, 0.3) is 0 Å². The fourth-order valence-electron chi connectivity index (χ4n) is 2.96. The Balaban J connectivity index is 2.05. The zero-order valence-electron chi connectivity index (χ0n) is 11.8. The second-order valence-corrected chi connectivity index (χ2v) is 5.40. The van der Waals surface area contributed by atoms with Crippen LogP contribution in [0, 0.1) is 5.41 Å². The maximum atomic E-state index is 12.8. The minimum Gasteiger partial charge on any atom is -0.338 e. The van der Waals surface area contributed by atoms with E-state index in [4.69, 9.17) is 0 Å². The number of aromatic amines is 1. The fourth-order valence-corrected chi connectivity index (χ4v) is 2.96. The van der Waals surface area contributed by atoms with Gasteiger partial charge in [0, 0.05) is 13.6 Å². The van der Waals surface area contributed by atoms with Gasteiger partial charge in [0.1, 0.15) is 12.2 Å². The summed E-state index contributed by atoms with van der Waals surface area (Å²) < 4.78 is 0. The maximum absolute atomic E-state index is 12.8. The molecule has 0 aliphatic carbocycles. The smallest absolute Gasteiger partial charge is 0.230 e. The summed E-state index contributed by atoms with van der Waals surface area (Å²) in [5.74, 6) is 0.948. The number of aromatic nitrogens is 3. The molecule has 2 heterocycles. The molecule has 0 bridgehead atoms. The molecule has 2 N–H and O–H groups in total. The summed E-state index contributed by atoms with van der Waals surface area (Å²) in [5, 5.41) is 9.99. The number of nitrogens with one attached hydrogen (secondary N) is 2. The number of hydrogen-bond donors (Lipinski definition) is 2. The van der Waals surface area contributed by atoms with E-state index in [0.29, 0.717) is 6.54 Å². The van der Waals surface area contributed by atoms with Crippen LogP contribution in [0.5, 0.6) is 0 Å². The minimum absolute atomic E-state index is 0.220. The average molecular weight is 265 g/mol. The van der Waals surface area contributed by atoms with E-state index < -0.39 is 0 Å². The van der Waals surface area contributed by atoms with Gasteiger partial charge in [-0.15, -0.1) is 0 Å². The van der Waals surface area contributed by atoms with Crippen LogP contribution in [-0.2, 0) is 11.3 Å². The van der Waals surface area contributed by atoms with Crippen LogP contribution in [0.3, 0.4) is 0 Å². The lowest BCUT2D eigenvalue weighted by Gasteiger charge is -2.38. The molecule has 1 aliphatic heterocycles. The Hall–Kier alpha value is -1.43. The van der Waals surface area contributed by atoms with Crippen LogP contribution in [0.2, 0.25) is 0 Å². The SMILES string of the molecule is CCCC1(C(=O)N(C)Cc2ncn[nH]2)CCCNC1. The maximum Gasteiger partial charge on any atom is 0.230 e. The third-order valence-corrected chi connectivity index (χ3v) is 3.85. The van der Waals surface area contributed by atoms with Crippen molar-refractivity contribution in [1.29, 1.82) is 0 Å². The zero-order chi connectivity index (χ0) is 13.7. The highest BCUT2D eigenvalue weighted by atomic mass is 16.2. The number of amides is 1. The molecule has 1 unspecified atom stereocenters. The summed E-state index contributed by atoms with van der Waals surface area (Å²) in [4.78, 5) is 18.6. The zero-order valence-corrected chi connectivity index (χ0v) is 11.8. The van der Waals surface area contributed by atoms with Crippen molar-refractivity contribution in [1.82, 2.24) is 25.4 Å². The molecule has 0 spiro atoms. The van der Waals surface area contributed by atoms with Gasteiger partial charge in [-0.2, -0.15) is 5.10 Å². The van der Waals surface area contributed by atoms with Gasteiger partial charge in [0.15, 0.2) is 0 Å². The fraction of sp³-hybridized carbons (Fsp3) is 0.769. The molecule has 106 valence electrons. The van der Waals surface area contributed by atoms with Gasteiger partial charge >= 0.3 is 0 Å². The molecule has 1 fully saturated rings. The Labute approximate surface area is 114 Å². The van der Waals surface area contributed by atoms with Gasteiger partial charge in [0.2, 0.25) is 5.91 Å². The summed E-state index contributed by atoms with van der Waals surface area (Å²) >= 11 is 0. The summed E-state index contributed by atoms with van der Waals surface area (Å²) in [7, 11) is 1.84. The van der Waals surface area contributed by atoms with Crippen molar-refractivity contribution in [3.05, 3.63) is 12.2 Å². The molecule has 2 rings (SSSR count). The van der Waals surface area contributed by atoms with Crippen molar-refractivity contribution >= 4 is 5.91 Å². The van der Waals surface area contributed by atoms with E-state index in [-0.39, 0.29) is 11.3 Å². The molecule has 1 aliphatic rings. The van der Waals surface area contributed by atoms with Gasteiger partial charge in [-0.1, -0.05) is 13.3 Å². The Morgan fingerprint density at radius 1 is 1.58 bits per heavy atom. The molecule has 1 aromatic rings. The van der Waals surface area contributed by atoms with Crippen LogP contribution in [-0.4, -0.2) is 46.1 Å². The number of rotatable bonds is 5. The number of nitrogens with zero attached hydrogens (tertiary/aromatic N) is 3. The van der Waals surface area contributed by atoms with Crippen LogP contribution < -0.4 is 5.32 Å². The monoisotopic (exact) mass is 265 g/mol. The second kappa shape index (κ2) is 6.14. The van der Waals surface area contributed by atoms with E-state index in [0.717, 1.165) is 44.6 Å². The molecular formula is C13H23N5O. The first-order valence-electron chi connectivity index (χ1n) is 6.98. The third kappa shape index (κ3) is 3.12. The van der Waals surface area contributed by atoms with E-state index in [1.54, 1.807) is 4.90 Å². The molecule has 1 aromatic heterocycles. The normalized spacial score (nSPS) is 23.3. The van der Waals surface area contributed by atoms with E-state index in [1.807, 2.05) is 7.05 Å². The van der Waals surface area contributed by atoms with Crippen molar-refractivity contribution in [3.63, 3.8) is 0 Å². The van der Waals surface area contributed by atoms with Crippen LogP contribution in [0.4, 0.5) is 0 Å². The highest BCUT2D eigenvalue weighted by Gasteiger charge is 2.40. The number of piperidine rings is 1. The van der Waals surface area contributed by atoms with Gasteiger partial charge in [-0.05, 0) is 25.8 Å². The van der Waals surface area contributed by atoms with E-state index in [2.05, 4.69) is 27.4 Å². The topological polar surface area (TPSA) is 73.9 Å². The van der Waals surface area contributed by atoms with Crippen LogP contribution in [0.1, 0.15) is 38.4 Å². The molecule has 6 nitrogen and oxygen atoms in total. The van der Waals surface area contributed by atoms with Crippen LogP contribution in [0.15, 0.2) is 6.33 Å². The molecule has 6 heteroatoms. The summed E-state index contributed by atoms with van der Waals surface area (Å²) in [6.07, 6.45) is 5.50. The van der Waals surface area contributed by atoms with Crippen molar-refractivity contribution < 1.29 is 4.79 Å². The summed E-state index contributed by atoms with van der Waals surface area (Å²) in [5.41, 5.74) is -0.234. The highest BCUT2D eigenvalue weighted by molar-refractivity contribution is 5.82. The predicted octanol–water partition coefficient (Wildman–Crippen LogP) is 0.933. The average Bonchev–Trinajstić information content (AvgIpc) is 2.92. The first-order chi connectivity index (χ1) is 9.18. The van der Waals surface area contributed by atoms with Crippen molar-refractivity contribution in [2.75, 3.05) is 20.1 Å². The quantitative estimate of drug-likeness (QED) is 0.830.